The predicted molar refractivity (Wildman–Crippen MR) is 127 cm³/mol. The van der Waals surface area contributed by atoms with Crippen molar-refractivity contribution < 1.29 is 26.0 Å². The van der Waals surface area contributed by atoms with Gasteiger partial charge in [-0.05, 0) is 67.7 Å². The molecule has 3 aromatic carbocycles. The van der Waals surface area contributed by atoms with Gasteiger partial charge in [0.15, 0.2) is 0 Å². The summed E-state index contributed by atoms with van der Waals surface area (Å²) < 4.78 is 83.8. The van der Waals surface area contributed by atoms with Gasteiger partial charge in [-0.1, -0.05) is 12.1 Å². The molecule has 2 heterocycles. The van der Waals surface area contributed by atoms with Gasteiger partial charge in [-0.2, -0.15) is 13.2 Å². The summed E-state index contributed by atoms with van der Waals surface area (Å²) in [7, 11) is -2.43. The Morgan fingerprint density at radius 3 is 2.33 bits per heavy atom. The monoisotopic (exact) mass is 514 g/mol. The summed E-state index contributed by atoms with van der Waals surface area (Å²) in [6, 6.07) is 16.9. The van der Waals surface area contributed by atoms with Crippen molar-refractivity contribution in [3.63, 3.8) is 0 Å². The van der Waals surface area contributed by atoms with Crippen LogP contribution in [-0.4, -0.2) is 29.6 Å². The van der Waals surface area contributed by atoms with E-state index in [1.165, 1.54) is 48.3 Å². The number of fused-ring (bicyclic) bond motifs is 1. The number of hydrogen-bond acceptors (Lipinski definition) is 3. The minimum Gasteiger partial charge on any atom is -0.308 e. The van der Waals surface area contributed by atoms with Gasteiger partial charge in [0.1, 0.15) is 17.8 Å². The average molecular weight is 515 g/mol. The zero-order valence-electron chi connectivity index (χ0n) is 18.7. The van der Waals surface area contributed by atoms with Crippen molar-refractivity contribution in [1.29, 1.82) is 0 Å². The van der Waals surface area contributed by atoms with Gasteiger partial charge >= 0.3 is 6.18 Å². The Bertz CT molecular complexity index is 1690. The lowest BCUT2D eigenvalue weighted by molar-refractivity contribution is -0.137. The first-order valence-electron chi connectivity index (χ1n) is 10.6. The van der Waals surface area contributed by atoms with Crippen molar-refractivity contribution in [3.05, 3.63) is 96.7 Å². The molecule has 36 heavy (non-hydrogen) atoms. The Kier molecular flexibility index (Phi) is 5.68. The van der Waals surface area contributed by atoms with Gasteiger partial charge in [-0.15, -0.1) is 0 Å². The SMILES string of the molecule is CNS(=O)(=O)c1ccc2c(c1)cc(-c1cn(-c3ccccc3F)cn1)n2-c1ccc(C(F)(F)F)cc1. The van der Waals surface area contributed by atoms with E-state index in [1.54, 1.807) is 41.1 Å². The highest BCUT2D eigenvalue weighted by molar-refractivity contribution is 7.89. The molecular formula is C25H18F4N4O2S. The summed E-state index contributed by atoms with van der Waals surface area (Å²) in [6.45, 7) is 0. The second-order valence-corrected chi connectivity index (χ2v) is 9.84. The smallest absolute Gasteiger partial charge is 0.308 e. The minimum absolute atomic E-state index is 0.0329. The second-order valence-electron chi connectivity index (χ2n) is 7.96. The van der Waals surface area contributed by atoms with Crippen molar-refractivity contribution in [2.45, 2.75) is 11.1 Å². The maximum atomic E-state index is 14.3. The summed E-state index contributed by atoms with van der Waals surface area (Å²) in [5, 5.41) is 0.529. The molecule has 0 fully saturated rings. The van der Waals surface area contributed by atoms with Crippen molar-refractivity contribution in [2.24, 2.45) is 0 Å². The molecule has 2 aromatic heterocycles. The van der Waals surface area contributed by atoms with E-state index in [2.05, 4.69) is 9.71 Å². The van der Waals surface area contributed by atoms with E-state index in [1.807, 2.05) is 0 Å². The third-order valence-electron chi connectivity index (χ3n) is 5.78. The molecule has 0 saturated carbocycles. The Labute approximate surface area is 203 Å². The van der Waals surface area contributed by atoms with Crippen molar-refractivity contribution in [3.8, 4) is 22.8 Å². The Hall–Kier alpha value is -3.96. The van der Waals surface area contributed by atoms with Crippen LogP contribution < -0.4 is 4.72 Å². The zero-order chi connectivity index (χ0) is 25.7. The number of halogens is 4. The number of hydrogen-bond donors (Lipinski definition) is 1. The molecule has 184 valence electrons. The molecule has 0 spiro atoms. The fraction of sp³-hybridized carbons (Fsp3) is 0.0800. The van der Waals surface area contributed by atoms with Crippen molar-refractivity contribution in [2.75, 3.05) is 7.05 Å². The van der Waals surface area contributed by atoms with E-state index in [4.69, 9.17) is 0 Å². The second kappa shape index (κ2) is 8.61. The first kappa shape index (κ1) is 23.8. The molecule has 0 aliphatic heterocycles. The Morgan fingerprint density at radius 2 is 1.67 bits per heavy atom. The molecule has 11 heteroatoms. The number of alkyl halides is 3. The molecular weight excluding hydrogens is 496 g/mol. The van der Waals surface area contributed by atoms with Gasteiger partial charge < -0.3 is 9.13 Å². The zero-order valence-corrected chi connectivity index (χ0v) is 19.5. The largest absolute Gasteiger partial charge is 0.416 e. The number of aromatic nitrogens is 3. The van der Waals surface area contributed by atoms with E-state index >= 15 is 0 Å². The Morgan fingerprint density at radius 1 is 0.944 bits per heavy atom. The standard InChI is InChI=1S/C25H18F4N4O2S/c1-30-36(34,35)19-10-11-22-16(12-19)13-24(33(22)18-8-6-17(7-9-18)25(27,28)29)21-14-32(15-31-21)23-5-3-2-4-20(23)26/h2-15,30H,1H3. The summed E-state index contributed by atoms with van der Waals surface area (Å²) in [5.41, 5.74) is 1.34. The van der Waals surface area contributed by atoms with Crippen LogP contribution in [0, 0.1) is 5.82 Å². The number of imidazole rings is 1. The van der Waals surface area contributed by atoms with Gasteiger partial charge in [-0.25, -0.2) is 22.5 Å². The highest BCUT2D eigenvalue weighted by Crippen LogP contribution is 2.35. The van der Waals surface area contributed by atoms with Crippen LogP contribution in [-0.2, 0) is 16.2 Å². The van der Waals surface area contributed by atoms with Gasteiger partial charge in [0.05, 0.1) is 27.4 Å². The minimum atomic E-state index is -4.49. The molecule has 0 radical (unpaired) electrons. The summed E-state index contributed by atoms with van der Waals surface area (Å²) in [6.07, 6.45) is -1.47. The molecule has 5 rings (SSSR count). The molecule has 6 nitrogen and oxygen atoms in total. The number of sulfonamides is 1. The van der Waals surface area contributed by atoms with Crippen LogP contribution in [0.15, 0.2) is 90.2 Å². The fourth-order valence-electron chi connectivity index (χ4n) is 3.99. The van der Waals surface area contributed by atoms with Crippen LogP contribution in [0.25, 0.3) is 33.7 Å². The highest BCUT2D eigenvalue weighted by Gasteiger charge is 2.30. The van der Waals surface area contributed by atoms with Gasteiger partial charge in [0.25, 0.3) is 0 Å². The van der Waals surface area contributed by atoms with Crippen LogP contribution >= 0.6 is 0 Å². The number of rotatable bonds is 5. The number of para-hydroxylation sites is 1. The summed E-state index contributed by atoms with van der Waals surface area (Å²) in [5.74, 6) is -0.452. The number of benzene rings is 3. The highest BCUT2D eigenvalue weighted by atomic mass is 32.2. The average Bonchev–Trinajstić information content (AvgIpc) is 3.48. The third-order valence-corrected chi connectivity index (χ3v) is 7.19. The predicted octanol–water partition coefficient (Wildman–Crippen LogP) is 5.55. The van der Waals surface area contributed by atoms with Crippen molar-refractivity contribution >= 4 is 20.9 Å². The lowest BCUT2D eigenvalue weighted by Crippen LogP contribution is -2.18. The molecule has 0 saturated heterocycles. The maximum absolute atomic E-state index is 14.3. The molecule has 0 aliphatic rings. The molecule has 0 bridgehead atoms. The van der Waals surface area contributed by atoms with E-state index in [0.717, 1.165) is 12.1 Å². The van der Waals surface area contributed by atoms with Crippen LogP contribution in [0.4, 0.5) is 17.6 Å². The molecule has 0 atom stereocenters. The van der Waals surface area contributed by atoms with Gasteiger partial charge in [0, 0.05) is 17.3 Å². The van der Waals surface area contributed by atoms with Gasteiger partial charge in [0.2, 0.25) is 10.0 Å². The maximum Gasteiger partial charge on any atom is 0.416 e. The summed E-state index contributed by atoms with van der Waals surface area (Å²) >= 11 is 0. The van der Waals surface area contributed by atoms with Gasteiger partial charge in [-0.3, -0.25) is 0 Å². The van der Waals surface area contributed by atoms with Crippen LogP contribution in [0.3, 0.4) is 0 Å². The fourth-order valence-corrected chi connectivity index (χ4v) is 4.76. The quantitative estimate of drug-likeness (QED) is 0.313. The molecule has 5 aromatic rings. The Balaban J connectivity index is 1.71. The number of nitrogens with zero attached hydrogens (tertiary/aromatic N) is 3. The van der Waals surface area contributed by atoms with E-state index in [-0.39, 0.29) is 10.6 Å². The van der Waals surface area contributed by atoms with Crippen molar-refractivity contribution in [1.82, 2.24) is 18.8 Å². The lowest BCUT2D eigenvalue weighted by Gasteiger charge is -2.12. The molecule has 1 N–H and O–H groups in total. The molecule has 0 amide bonds. The van der Waals surface area contributed by atoms with E-state index in [0.29, 0.717) is 28.0 Å². The normalized spacial score (nSPS) is 12.4. The lowest BCUT2D eigenvalue weighted by atomic mass is 10.2. The van der Waals surface area contributed by atoms with E-state index in [9.17, 15) is 26.0 Å². The third kappa shape index (κ3) is 4.16. The summed E-state index contributed by atoms with van der Waals surface area (Å²) in [4.78, 5) is 4.43. The molecule has 0 aliphatic carbocycles. The van der Waals surface area contributed by atoms with Crippen LogP contribution in [0.1, 0.15) is 5.56 Å². The first-order chi connectivity index (χ1) is 17.1. The number of nitrogens with one attached hydrogen (secondary N) is 1. The molecule has 0 unspecified atom stereocenters. The topological polar surface area (TPSA) is 68.9 Å². The first-order valence-corrected chi connectivity index (χ1v) is 12.1. The van der Waals surface area contributed by atoms with Crippen LogP contribution in [0.5, 0.6) is 0 Å². The van der Waals surface area contributed by atoms with Crippen LogP contribution in [0.2, 0.25) is 0 Å². The van der Waals surface area contributed by atoms with E-state index < -0.39 is 27.6 Å².